The van der Waals surface area contributed by atoms with Crippen molar-refractivity contribution in [2.45, 2.75) is 31.7 Å². The zero-order valence-corrected chi connectivity index (χ0v) is 27.4. The Morgan fingerprint density at radius 1 is 1.00 bits per heavy atom. The number of likely N-dealkylation sites (N-methyl/N-ethyl adjacent to an activating group) is 1. The van der Waals surface area contributed by atoms with Crippen LogP contribution in [0.1, 0.15) is 30.3 Å². The van der Waals surface area contributed by atoms with Crippen LogP contribution in [0.5, 0.6) is 0 Å². The van der Waals surface area contributed by atoms with E-state index in [0.29, 0.717) is 28.3 Å². The lowest BCUT2D eigenvalue weighted by Gasteiger charge is -2.27. The van der Waals surface area contributed by atoms with Gasteiger partial charge in [0.2, 0.25) is 0 Å². The van der Waals surface area contributed by atoms with E-state index in [0.717, 1.165) is 77.9 Å². The van der Waals surface area contributed by atoms with Crippen molar-refractivity contribution in [2.75, 3.05) is 47.3 Å². The number of rotatable bonds is 11. The van der Waals surface area contributed by atoms with Crippen LogP contribution in [-0.2, 0) is 6.54 Å². The van der Waals surface area contributed by atoms with Crippen molar-refractivity contribution in [2.24, 2.45) is 0 Å². The summed E-state index contributed by atoms with van der Waals surface area (Å²) in [7, 11) is 6.38. The monoisotopic (exact) mass is 648 g/mol. The van der Waals surface area contributed by atoms with E-state index in [1.54, 1.807) is 12.1 Å². The Morgan fingerprint density at radius 3 is 2.47 bits per heavy atom. The van der Waals surface area contributed by atoms with E-state index in [2.05, 4.69) is 40.8 Å². The summed E-state index contributed by atoms with van der Waals surface area (Å²) in [5.74, 6) is -0.304. The molecule has 45 heavy (non-hydrogen) atoms. The van der Waals surface area contributed by atoms with Gasteiger partial charge in [0.15, 0.2) is 0 Å². The second-order valence-corrected chi connectivity index (χ2v) is 13.1. The van der Waals surface area contributed by atoms with Crippen molar-refractivity contribution >= 4 is 34.1 Å². The summed E-state index contributed by atoms with van der Waals surface area (Å²) < 4.78 is 15.9. The third-order valence-electron chi connectivity index (χ3n) is 8.81. The lowest BCUT2D eigenvalue weighted by atomic mass is 9.98. The third-order valence-corrected chi connectivity index (χ3v) is 9.29. The topological polar surface area (TPSA) is 63.6 Å². The molecule has 0 radical (unpaired) electrons. The molecular weight excluding hydrogens is 610 g/mol. The van der Waals surface area contributed by atoms with Crippen LogP contribution in [-0.4, -0.2) is 87.9 Å². The maximum absolute atomic E-state index is 14.0. The summed E-state index contributed by atoms with van der Waals surface area (Å²) >= 11 is 12.6. The molecule has 2 atom stereocenters. The maximum Gasteiger partial charge on any atom is 0.149 e. The van der Waals surface area contributed by atoms with E-state index in [1.165, 1.54) is 12.1 Å². The first-order valence-corrected chi connectivity index (χ1v) is 16.1. The number of hydrogen-bond donors (Lipinski definition) is 2. The van der Waals surface area contributed by atoms with Crippen LogP contribution < -0.4 is 0 Å². The zero-order valence-electron chi connectivity index (χ0n) is 25.8. The molecule has 2 unspecified atom stereocenters. The number of nitrogens with zero attached hydrogens (tertiary/aromatic N) is 5. The van der Waals surface area contributed by atoms with Crippen molar-refractivity contribution in [3.8, 4) is 22.4 Å². The highest BCUT2D eigenvalue weighted by atomic mass is 35.5. The predicted molar refractivity (Wildman–Crippen MR) is 181 cm³/mol. The Morgan fingerprint density at radius 2 is 1.73 bits per heavy atom. The fourth-order valence-corrected chi connectivity index (χ4v) is 6.66. The highest BCUT2D eigenvalue weighted by Gasteiger charge is 2.34. The lowest BCUT2D eigenvalue weighted by molar-refractivity contribution is 0.0118. The van der Waals surface area contributed by atoms with E-state index in [-0.39, 0.29) is 5.82 Å². The van der Waals surface area contributed by atoms with Gasteiger partial charge in [0, 0.05) is 51.2 Å². The van der Waals surface area contributed by atoms with Crippen LogP contribution in [0.2, 0.25) is 10.0 Å². The van der Waals surface area contributed by atoms with Gasteiger partial charge in [0.1, 0.15) is 12.0 Å². The standard InChI is InChI=1S/C35H39Cl2FN6O/c1-41(2)16-4-17-42(3)28-15-18-43(22-28)35(45)33-32(29-14-11-26(37)19-31(29)40-33)34-30(24-7-12-27(38)13-8-24)20-39-44(34)21-23-5-9-25(36)10-6-23/h5-14,19-20,28,35,40,45H,4,15-18,21-22H2,1-3H3. The van der Waals surface area contributed by atoms with E-state index < -0.39 is 6.23 Å². The molecule has 3 heterocycles. The summed E-state index contributed by atoms with van der Waals surface area (Å²) in [5.41, 5.74) is 5.89. The molecule has 5 aromatic rings. The van der Waals surface area contributed by atoms with Gasteiger partial charge in [-0.05, 0) is 94.6 Å². The van der Waals surface area contributed by atoms with Crippen LogP contribution in [0.3, 0.4) is 0 Å². The number of fused-ring (bicyclic) bond motifs is 1. The fraction of sp³-hybridized carbons (Fsp3) is 0.343. The van der Waals surface area contributed by atoms with Crippen LogP contribution in [0.25, 0.3) is 33.3 Å². The maximum atomic E-state index is 14.0. The summed E-state index contributed by atoms with van der Waals surface area (Å²) in [5, 5.41) is 19.1. The minimum Gasteiger partial charge on any atom is -0.372 e. The van der Waals surface area contributed by atoms with Crippen molar-refractivity contribution in [3.05, 3.63) is 100 Å². The molecule has 0 spiro atoms. The number of aromatic nitrogens is 3. The Kier molecular flexibility index (Phi) is 9.61. The quantitative estimate of drug-likeness (QED) is 0.159. The number of hydrogen-bond acceptors (Lipinski definition) is 5. The molecule has 1 fully saturated rings. The van der Waals surface area contributed by atoms with Gasteiger partial charge in [-0.3, -0.25) is 9.58 Å². The number of benzene rings is 3. The van der Waals surface area contributed by atoms with Crippen LogP contribution in [0, 0.1) is 5.82 Å². The largest absolute Gasteiger partial charge is 0.372 e. The van der Waals surface area contributed by atoms with Gasteiger partial charge in [-0.15, -0.1) is 0 Å². The molecule has 1 aliphatic rings. The smallest absolute Gasteiger partial charge is 0.149 e. The molecule has 0 amide bonds. The van der Waals surface area contributed by atoms with Crippen LogP contribution in [0.15, 0.2) is 72.9 Å². The molecule has 0 saturated carbocycles. The number of nitrogens with one attached hydrogen (secondary N) is 1. The number of aliphatic hydroxyl groups is 1. The molecule has 2 N–H and O–H groups in total. The Labute approximate surface area is 273 Å². The van der Waals surface area contributed by atoms with Gasteiger partial charge >= 0.3 is 0 Å². The number of aliphatic hydroxyl groups excluding tert-OH is 1. The highest BCUT2D eigenvalue weighted by Crippen LogP contribution is 2.43. The van der Waals surface area contributed by atoms with Crippen molar-refractivity contribution < 1.29 is 9.50 Å². The molecule has 7 nitrogen and oxygen atoms in total. The summed E-state index contributed by atoms with van der Waals surface area (Å²) in [6.07, 6.45) is 3.01. The minimum atomic E-state index is -0.883. The van der Waals surface area contributed by atoms with Gasteiger partial charge in [-0.25, -0.2) is 4.39 Å². The Bertz CT molecular complexity index is 1750. The van der Waals surface area contributed by atoms with Gasteiger partial charge in [0.05, 0.1) is 24.1 Å². The first-order chi connectivity index (χ1) is 21.7. The average Bonchev–Trinajstić information content (AvgIpc) is 3.75. The SMILES string of the molecule is CN(C)CCCN(C)C1CCN(C(O)c2[nH]c3cc(Cl)ccc3c2-c2c(-c3ccc(F)cc3)cnn2Cc2ccc(Cl)cc2)C1. The first kappa shape index (κ1) is 31.7. The lowest BCUT2D eigenvalue weighted by Crippen LogP contribution is -2.37. The third kappa shape index (κ3) is 6.97. The summed E-state index contributed by atoms with van der Waals surface area (Å²) in [6, 6.07) is 20.2. The van der Waals surface area contributed by atoms with Gasteiger partial charge in [0.25, 0.3) is 0 Å². The van der Waals surface area contributed by atoms with Crippen LogP contribution in [0.4, 0.5) is 4.39 Å². The number of likely N-dealkylation sites (tertiary alicyclic amines) is 1. The highest BCUT2D eigenvalue weighted by molar-refractivity contribution is 6.31. The predicted octanol–water partition coefficient (Wildman–Crippen LogP) is 7.14. The number of aromatic amines is 1. The normalized spacial score (nSPS) is 16.4. The fourth-order valence-electron chi connectivity index (χ4n) is 6.36. The number of H-pyrrole nitrogens is 1. The van der Waals surface area contributed by atoms with Gasteiger partial charge < -0.3 is 19.9 Å². The molecule has 3 aromatic carbocycles. The molecule has 10 heteroatoms. The zero-order chi connectivity index (χ0) is 31.7. The van der Waals surface area contributed by atoms with Crippen LogP contribution >= 0.6 is 23.2 Å². The van der Waals surface area contributed by atoms with Crippen molar-refractivity contribution in [3.63, 3.8) is 0 Å². The second-order valence-electron chi connectivity index (χ2n) is 12.2. The molecular formula is C35H39Cl2FN6O. The van der Waals surface area contributed by atoms with E-state index in [1.807, 2.05) is 53.3 Å². The van der Waals surface area contributed by atoms with Gasteiger partial charge in [-0.1, -0.05) is 53.5 Å². The van der Waals surface area contributed by atoms with E-state index >= 15 is 0 Å². The summed E-state index contributed by atoms with van der Waals surface area (Å²) in [6.45, 7) is 4.06. The molecule has 236 valence electrons. The Hall–Kier alpha value is -3.24. The second kappa shape index (κ2) is 13.6. The van der Waals surface area contributed by atoms with Crippen molar-refractivity contribution in [1.29, 1.82) is 0 Å². The number of halogens is 3. The van der Waals surface area contributed by atoms with E-state index in [4.69, 9.17) is 28.3 Å². The summed E-state index contributed by atoms with van der Waals surface area (Å²) in [4.78, 5) is 10.3. The Balaban J connectivity index is 1.42. The molecule has 1 saturated heterocycles. The minimum absolute atomic E-state index is 0.304. The first-order valence-electron chi connectivity index (χ1n) is 15.3. The molecule has 2 aromatic heterocycles. The van der Waals surface area contributed by atoms with Gasteiger partial charge in [-0.2, -0.15) is 5.10 Å². The van der Waals surface area contributed by atoms with E-state index in [9.17, 15) is 9.50 Å². The average molecular weight is 650 g/mol. The molecule has 0 bridgehead atoms. The molecule has 1 aliphatic heterocycles. The molecule has 0 aliphatic carbocycles. The van der Waals surface area contributed by atoms with Crippen molar-refractivity contribution in [1.82, 2.24) is 29.5 Å². The molecule has 6 rings (SSSR count).